The normalized spacial score (nSPS) is 10.6. The van der Waals surface area contributed by atoms with E-state index in [1.807, 2.05) is 0 Å². The third-order valence-electron chi connectivity index (χ3n) is 3.23. The Kier molecular flexibility index (Phi) is 3.65. The lowest BCUT2D eigenvalue weighted by Gasteiger charge is -2.07. The molecule has 0 unspecified atom stereocenters. The van der Waals surface area contributed by atoms with Crippen LogP contribution in [0.15, 0.2) is 48.8 Å². The van der Waals surface area contributed by atoms with Gasteiger partial charge < -0.3 is 14.6 Å². The number of hydrogen-bond acceptors (Lipinski definition) is 5. The van der Waals surface area contributed by atoms with Crippen LogP contribution in [0, 0.1) is 0 Å². The predicted molar refractivity (Wildman–Crippen MR) is 79.0 cm³/mol. The molecule has 0 aliphatic carbocycles. The van der Waals surface area contributed by atoms with E-state index >= 15 is 0 Å². The van der Waals surface area contributed by atoms with E-state index in [1.54, 1.807) is 53.2 Å². The van der Waals surface area contributed by atoms with Gasteiger partial charge in [-0.2, -0.15) is 0 Å². The van der Waals surface area contributed by atoms with Gasteiger partial charge in [0, 0.05) is 6.20 Å². The summed E-state index contributed by atoms with van der Waals surface area (Å²) in [4.78, 5) is 15.9. The SMILES string of the molecule is COC(=O)c1ccc2ncc(COc3ccc(O)cc3)n2c1. The van der Waals surface area contributed by atoms with Crippen LogP contribution in [0.4, 0.5) is 0 Å². The summed E-state index contributed by atoms with van der Waals surface area (Å²) in [5.41, 5.74) is 1.96. The topological polar surface area (TPSA) is 73.1 Å². The lowest BCUT2D eigenvalue weighted by atomic mass is 10.3. The number of phenolic OH excluding ortho intramolecular Hbond substituents is 1. The molecule has 0 saturated carbocycles. The van der Waals surface area contributed by atoms with Crippen LogP contribution in [0.25, 0.3) is 5.65 Å². The number of hydrogen-bond donors (Lipinski definition) is 1. The molecule has 0 aliphatic heterocycles. The first-order valence-electron chi connectivity index (χ1n) is 6.63. The standard InChI is InChI=1S/C16H14N2O4/c1-21-16(20)11-2-7-15-17-8-12(18(15)9-11)10-22-14-5-3-13(19)4-6-14/h2-9,19H,10H2,1H3. The van der Waals surface area contributed by atoms with Crippen molar-refractivity contribution in [2.75, 3.05) is 7.11 Å². The fraction of sp³-hybridized carbons (Fsp3) is 0.125. The predicted octanol–water partition coefficient (Wildman–Crippen LogP) is 2.41. The first-order valence-corrected chi connectivity index (χ1v) is 6.63. The van der Waals surface area contributed by atoms with Gasteiger partial charge in [-0.05, 0) is 36.4 Å². The Hall–Kier alpha value is -3.02. The molecule has 1 N–H and O–H groups in total. The van der Waals surface area contributed by atoms with Gasteiger partial charge in [0.2, 0.25) is 0 Å². The quantitative estimate of drug-likeness (QED) is 0.749. The van der Waals surface area contributed by atoms with Gasteiger partial charge in [-0.3, -0.25) is 4.40 Å². The van der Waals surface area contributed by atoms with Crippen molar-refractivity contribution in [1.29, 1.82) is 0 Å². The molecule has 0 saturated heterocycles. The Bertz CT molecular complexity index is 809. The first kappa shape index (κ1) is 13.9. The van der Waals surface area contributed by atoms with E-state index in [-0.39, 0.29) is 12.4 Å². The highest BCUT2D eigenvalue weighted by atomic mass is 16.5. The Morgan fingerprint density at radius 2 is 2.00 bits per heavy atom. The fourth-order valence-corrected chi connectivity index (χ4v) is 2.08. The van der Waals surface area contributed by atoms with E-state index < -0.39 is 5.97 Å². The maximum atomic E-state index is 11.6. The number of phenols is 1. The monoisotopic (exact) mass is 298 g/mol. The maximum Gasteiger partial charge on any atom is 0.339 e. The van der Waals surface area contributed by atoms with E-state index in [0.717, 1.165) is 11.3 Å². The van der Waals surface area contributed by atoms with Crippen LogP contribution in [-0.4, -0.2) is 27.6 Å². The molecule has 0 radical (unpaired) electrons. The summed E-state index contributed by atoms with van der Waals surface area (Å²) in [5, 5.41) is 9.24. The molecule has 3 aromatic rings. The number of aromatic hydroxyl groups is 1. The van der Waals surface area contributed by atoms with Crippen molar-refractivity contribution in [2.45, 2.75) is 6.61 Å². The number of rotatable bonds is 4. The molecule has 2 heterocycles. The van der Waals surface area contributed by atoms with E-state index in [4.69, 9.17) is 9.47 Å². The van der Waals surface area contributed by atoms with Crippen molar-refractivity contribution in [3.8, 4) is 11.5 Å². The second-order valence-electron chi connectivity index (χ2n) is 4.67. The number of imidazole rings is 1. The van der Waals surface area contributed by atoms with Gasteiger partial charge in [-0.1, -0.05) is 0 Å². The molecule has 0 atom stereocenters. The summed E-state index contributed by atoms with van der Waals surface area (Å²) < 4.78 is 12.2. The summed E-state index contributed by atoms with van der Waals surface area (Å²) >= 11 is 0. The van der Waals surface area contributed by atoms with Crippen LogP contribution in [-0.2, 0) is 11.3 Å². The van der Waals surface area contributed by atoms with Gasteiger partial charge in [0.25, 0.3) is 0 Å². The van der Waals surface area contributed by atoms with Gasteiger partial charge in [-0.15, -0.1) is 0 Å². The highest BCUT2D eigenvalue weighted by molar-refractivity contribution is 5.89. The third-order valence-corrected chi connectivity index (χ3v) is 3.23. The molecule has 0 amide bonds. The number of aromatic nitrogens is 2. The number of esters is 1. The summed E-state index contributed by atoms with van der Waals surface area (Å²) in [7, 11) is 1.34. The minimum Gasteiger partial charge on any atom is -0.508 e. The maximum absolute atomic E-state index is 11.6. The molecule has 112 valence electrons. The van der Waals surface area contributed by atoms with E-state index in [1.165, 1.54) is 7.11 Å². The van der Waals surface area contributed by atoms with E-state index in [0.29, 0.717) is 11.3 Å². The van der Waals surface area contributed by atoms with Crippen LogP contribution < -0.4 is 4.74 Å². The number of nitrogens with zero attached hydrogens (tertiary/aromatic N) is 2. The summed E-state index contributed by atoms with van der Waals surface area (Å²) in [6.45, 7) is 0.288. The molecular formula is C16H14N2O4. The molecule has 6 heteroatoms. The zero-order chi connectivity index (χ0) is 15.5. The molecule has 1 aromatic carbocycles. The van der Waals surface area contributed by atoms with Crippen LogP contribution in [0.3, 0.4) is 0 Å². The number of pyridine rings is 1. The van der Waals surface area contributed by atoms with Crippen LogP contribution >= 0.6 is 0 Å². The number of carbonyl (C=O) groups is 1. The number of fused-ring (bicyclic) bond motifs is 1. The molecule has 2 aromatic heterocycles. The largest absolute Gasteiger partial charge is 0.508 e. The van der Waals surface area contributed by atoms with E-state index in [9.17, 15) is 9.90 Å². The second kappa shape index (κ2) is 5.77. The van der Waals surface area contributed by atoms with Crippen molar-refractivity contribution in [3.63, 3.8) is 0 Å². The lowest BCUT2D eigenvalue weighted by molar-refractivity contribution is 0.0600. The highest BCUT2D eigenvalue weighted by Crippen LogP contribution is 2.18. The second-order valence-corrected chi connectivity index (χ2v) is 4.67. The van der Waals surface area contributed by atoms with Crippen molar-refractivity contribution in [2.24, 2.45) is 0 Å². The Labute approximate surface area is 126 Å². The van der Waals surface area contributed by atoms with Crippen molar-refractivity contribution >= 4 is 11.6 Å². The van der Waals surface area contributed by atoms with Crippen LogP contribution in [0.2, 0.25) is 0 Å². The third kappa shape index (κ3) is 2.71. The van der Waals surface area contributed by atoms with Crippen LogP contribution in [0.5, 0.6) is 11.5 Å². The van der Waals surface area contributed by atoms with Crippen molar-refractivity contribution in [1.82, 2.24) is 9.38 Å². The Morgan fingerprint density at radius 1 is 1.23 bits per heavy atom. The van der Waals surface area contributed by atoms with Crippen molar-refractivity contribution in [3.05, 3.63) is 60.0 Å². The molecule has 3 rings (SSSR count). The van der Waals surface area contributed by atoms with Crippen LogP contribution in [0.1, 0.15) is 16.1 Å². The van der Waals surface area contributed by atoms with Crippen molar-refractivity contribution < 1.29 is 19.4 Å². The van der Waals surface area contributed by atoms with E-state index in [2.05, 4.69) is 4.98 Å². The summed E-state index contributed by atoms with van der Waals surface area (Å²) in [5.74, 6) is 0.419. The fourth-order valence-electron chi connectivity index (χ4n) is 2.08. The minimum atomic E-state index is -0.402. The molecule has 6 nitrogen and oxygen atoms in total. The van der Waals surface area contributed by atoms with Gasteiger partial charge in [0.15, 0.2) is 0 Å². The summed E-state index contributed by atoms with van der Waals surface area (Å²) in [6, 6.07) is 9.88. The average Bonchev–Trinajstić information content (AvgIpc) is 2.96. The highest BCUT2D eigenvalue weighted by Gasteiger charge is 2.09. The Balaban J connectivity index is 1.84. The minimum absolute atomic E-state index is 0.185. The Morgan fingerprint density at radius 3 is 2.73 bits per heavy atom. The van der Waals surface area contributed by atoms with Gasteiger partial charge in [-0.25, -0.2) is 9.78 Å². The zero-order valence-corrected chi connectivity index (χ0v) is 11.9. The van der Waals surface area contributed by atoms with Gasteiger partial charge in [0.05, 0.1) is 24.6 Å². The molecule has 0 spiro atoms. The van der Waals surface area contributed by atoms with Gasteiger partial charge >= 0.3 is 5.97 Å². The molecule has 0 bridgehead atoms. The number of methoxy groups -OCH3 is 1. The number of ether oxygens (including phenoxy) is 2. The molecule has 0 aliphatic rings. The number of benzene rings is 1. The first-order chi connectivity index (χ1) is 10.7. The smallest absolute Gasteiger partial charge is 0.339 e. The average molecular weight is 298 g/mol. The van der Waals surface area contributed by atoms with Gasteiger partial charge in [0.1, 0.15) is 23.8 Å². The zero-order valence-electron chi connectivity index (χ0n) is 11.9. The molecular weight excluding hydrogens is 284 g/mol. The summed E-state index contributed by atoms with van der Waals surface area (Å²) in [6.07, 6.45) is 3.36. The molecule has 0 fully saturated rings. The number of carbonyl (C=O) groups excluding carboxylic acids is 1. The lowest BCUT2D eigenvalue weighted by Crippen LogP contribution is -2.05. The molecule has 22 heavy (non-hydrogen) atoms.